The highest BCUT2D eigenvalue weighted by Gasteiger charge is 2.20. The molecule has 2 amide bonds. The number of rotatable bonds is 8. The standard InChI is InChI=1S/C23H23Cl2N3O4/c1-3-9-28(13-21(29)27-19-8-6-16(24)12-17(19)25)22(30)14-5-7-18-15(10-14)11-20(26-18)23(31)32-4-2/h5-8,10-12,26H,3-4,9,13H2,1-2H3,(H,27,29). The predicted molar refractivity (Wildman–Crippen MR) is 126 cm³/mol. The lowest BCUT2D eigenvalue weighted by Gasteiger charge is -2.22. The number of hydrogen-bond acceptors (Lipinski definition) is 4. The van der Waals surface area contributed by atoms with Crippen molar-refractivity contribution in [3.05, 3.63) is 63.8 Å². The molecule has 9 heteroatoms. The van der Waals surface area contributed by atoms with Gasteiger partial charge in [0, 0.05) is 28.0 Å². The van der Waals surface area contributed by atoms with Crippen LogP contribution in [0.5, 0.6) is 0 Å². The molecule has 0 unspecified atom stereocenters. The van der Waals surface area contributed by atoms with Gasteiger partial charge in [0.25, 0.3) is 5.91 Å². The second-order valence-corrected chi connectivity index (χ2v) is 7.95. The Kier molecular flexibility index (Phi) is 7.77. The van der Waals surface area contributed by atoms with E-state index in [-0.39, 0.29) is 25.0 Å². The Bertz CT molecular complexity index is 1160. The summed E-state index contributed by atoms with van der Waals surface area (Å²) in [7, 11) is 0. The molecule has 2 N–H and O–H groups in total. The number of aromatic nitrogens is 1. The smallest absolute Gasteiger partial charge is 0.354 e. The Morgan fingerprint density at radius 3 is 2.53 bits per heavy atom. The van der Waals surface area contributed by atoms with Gasteiger partial charge in [0.2, 0.25) is 5.91 Å². The fraction of sp³-hybridized carbons (Fsp3) is 0.261. The number of H-pyrrole nitrogens is 1. The molecule has 0 radical (unpaired) electrons. The summed E-state index contributed by atoms with van der Waals surface area (Å²) in [5.74, 6) is -1.12. The van der Waals surface area contributed by atoms with E-state index in [0.717, 1.165) is 0 Å². The SMILES string of the molecule is CCCN(CC(=O)Nc1ccc(Cl)cc1Cl)C(=O)c1ccc2[nH]c(C(=O)OCC)cc2c1. The highest BCUT2D eigenvalue weighted by atomic mass is 35.5. The largest absolute Gasteiger partial charge is 0.461 e. The zero-order valence-corrected chi connectivity index (χ0v) is 19.2. The average Bonchev–Trinajstić information content (AvgIpc) is 3.19. The topological polar surface area (TPSA) is 91.5 Å². The fourth-order valence-electron chi connectivity index (χ4n) is 3.24. The molecule has 0 bridgehead atoms. The third kappa shape index (κ3) is 5.60. The first kappa shape index (κ1) is 23.6. The molecular formula is C23H23Cl2N3O4. The van der Waals surface area contributed by atoms with E-state index in [1.807, 2.05) is 6.92 Å². The number of halogens is 2. The van der Waals surface area contributed by atoms with Gasteiger partial charge in [0.1, 0.15) is 12.2 Å². The number of amides is 2. The van der Waals surface area contributed by atoms with Crippen molar-refractivity contribution in [3.8, 4) is 0 Å². The van der Waals surface area contributed by atoms with Crippen LogP contribution in [-0.4, -0.2) is 47.4 Å². The molecule has 0 aliphatic carbocycles. The fourth-order valence-corrected chi connectivity index (χ4v) is 3.70. The number of benzene rings is 2. The zero-order valence-electron chi connectivity index (χ0n) is 17.7. The van der Waals surface area contributed by atoms with E-state index < -0.39 is 5.97 Å². The van der Waals surface area contributed by atoms with Gasteiger partial charge in [0.05, 0.1) is 17.3 Å². The number of carbonyl (C=O) groups excluding carboxylic acids is 3. The maximum absolute atomic E-state index is 13.1. The minimum atomic E-state index is -0.457. The summed E-state index contributed by atoms with van der Waals surface area (Å²) in [5.41, 5.74) is 1.86. The number of hydrogen-bond donors (Lipinski definition) is 2. The summed E-state index contributed by atoms with van der Waals surface area (Å²) in [6, 6.07) is 11.5. The van der Waals surface area contributed by atoms with Gasteiger partial charge in [-0.3, -0.25) is 9.59 Å². The highest BCUT2D eigenvalue weighted by Crippen LogP contribution is 2.25. The maximum Gasteiger partial charge on any atom is 0.354 e. The molecule has 0 saturated heterocycles. The molecule has 0 saturated carbocycles. The van der Waals surface area contributed by atoms with Gasteiger partial charge in [-0.25, -0.2) is 4.79 Å². The van der Waals surface area contributed by atoms with E-state index in [1.54, 1.807) is 43.3 Å². The lowest BCUT2D eigenvalue weighted by Crippen LogP contribution is -2.38. The zero-order chi connectivity index (χ0) is 23.3. The summed E-state index contributed by atoms with van der Waals surface area (Å²) in [6.07, 6.45) is 0.681. The number of aromatic amines is 1. The molecule has 3 rings (SSSR count). The van der Waals surface area contributed by atoms with Crippen molar-refractivity contribution in [1.29, 1.82) is 0 Å². The van der Waals surface area contributed by atoms with Crippen molar-refractivity contribution >= 4 is 57.6 Å². The Morgan fingerprint density at radius 2 is 1.84 bits per heavy atom. The number of fused-ring (bicyclic) bond motifs is 1. The van der Waals surface area contributed by atoms with Crippen molar-refractivity contribution in [3.63, 3.8) is 0 Å². The number of esters is 1. The molecule has 0 fully saturated rings. The van der Waals surface area contributed by atoms with Crippen molar-refractivity contribution in [1.82, 2.24) is 9.88 Å². The summed E-state index contributed by atoms with van der Waals surface area (Å²) in [6.45, 7) is 4.20. The van der Waals surface area contributed by atoms with Crippen LogP contribution in [0.25, 0.3) is 10.9 Å². The first-order chi connectivity index (χ1) is 15.3. The number of anilines is 1. The number of nitrogens with one attached hydrogen (secondary N) is 2. The monoisotopic (exact) mass is 475 g/mol. The van der Waals surface area contributed by atoms with Crippen LogP contribution in [0.2, 0.25) is 10.0 Å². The van der Waals surface area contributed by atoms with Crippen LogP contribution in [0, 0.1) is 0 Å². The van der Waals surface area contributed by atoms with Gasteiger partial charge in [-0.05, 0) is 55.8 Å². The molecule has 1 heterocycles. The average molecular weight is 476 g/mol. The molecule has 0 aliphatic heterocycles. The summed E-state index contributed by atoms with van der Waals surface area (Å²) in [5, 5.41) is 4.19. The van der Waals surface area contributed by atoms with Gasteiger partial charge in [0.15, 0.2) is 0 Å². The summed E-state index contributed by atoms with van der Waals surface area (Å²) in [4.78, 5) is 42.1. The van der Waals surface area contributed by atoms with Crippen LogP contribution in [0.4, 0.5) is 5.69 Å². The van der Waals surface area contributed by atoms with Gasteiger partial charge >= 0.3 is 5.97 Å². The van der Waals surface area contributed by atoms with Gasteiger partial charge in [-0.2, -0.15) is 0 Å². The van der Waals surface area contributed by atoms with Crippen LogP contribution < -0.4 is 5.32 Å². The Balaban J connectivity index is 1.76. The van der Waals surface area contributed by atoms with Gasteiger partial charge < -0.3 is 19.9 Å². The lowest BCUT2D eigenvalue weighted by molar-refractivity contribution is -0.116. The highest BCUT2D eigenvalue weighted by molar-refractivity contribution is 6.36. The first-order valence-electron chi connectivity index (χ1n) is 10.2. The minimum absolute atomic E-state index is 0.134. The van der Waals surface area contributed by atoms with Crippen LogP contribution in [0.15, 0.2) is 42.5 Å². The van der Waals surface area contributed by atoms with E-state index in [2.05, 4.69) is 10.3 Å². The summed E-state index contributed by atoms with van der Waals surface area (Å²) < 4.78 is 5.01. The van der Waals surface area contributed by atoms with Crippen LogP contribution >= 0.6 is 23.2 Å². The van der Waals surface area contributed by atoms with E-state index in [1.165, 1.54) is 11.0 Å². The minimum Gasteiger partial charge on any atom is -0.461 e. The van der Waals surface area contributed by atoms with Crippen molar-refractivity contribution < 1.29 is 19.1 Å². The summed E-state index contributed by atoms with van der Waals surface area (Å²) >= 11 is 12.0. The molecule has 0 spiro atoms. The second-order valence-electron chi connectivity index (χ2n) is 7.10. The lowest BCUT2D eigenvalue weighted by atomic mass is 10.1. The maximum atomic E-state index is 13.1. The van der Waals surface area contributed by atoms with Crippen LogP contribution in [-0.2, 0) is 9.53 Å². The number of nitrogens with zero attached hydrogens (tertiary/aromatic N) is 1. The quantitative estimate of drug-likeness (QED) is 0.441. The van der Waals surface area contributed by atoms with E-state index >= 15 is 0 Å². The molecule has 2 aromatic carbocycles. The second kappa shape index (κ2) is 10.5. The third-order valence-electron chi connectivity index (χ3n) is 4.68. The molecule has 0 atom stereocenters. The molecule has 32 heavy (non-hydrogen) atoms. The molecule has 7 nitrogen and oxygen atoms in total. The molecule has 3 aromatic rings. The van der Waals surface area contributed by atoms with Gasteiger partial charge in [-0.15, -0.1) is 0 Å². The van der Waals surface area contributed by atoms with E-state index in [9.17, 15) is 14.4 Å². The number of carbonyl (C=O) groups is 3. The predicted octanol–water partition coefficient (Wildman–Crippen LogP) is 5.14. The van der Waals surface area contributed by atoms with E-state index in [4.69, 9.17) is 27.9 Å². The van der Waals surface area contributed by atoms with E-state index in [0.29, 0.717) is 50.9 Å². The van der Waals surface area contributed by atoms with Crippen molar-refractivity contribution in [2.24, 2.45) is 0 Å². The normalized spacial score (nSPS) is 10.8. The van der Waals surface area contributed by atoms with Gasteiger partial charge in [-0.1, -0.05) is 30.1 Å². The number of ether oxygens (including phenoxy) is 1. The third-order valence-corrected chi connectivity index (χ3v) is 5.23. The Morgan fingerprint density at radius 1 is 1.06 bits per heavy atom. The van der Waals surface area contributed by atoms with Crippen molar-refractivity contribution in [2.75, 3.05) is 25.0 Å². The molecule has 0 aliphatic rings. The Hall–Kier alpha value is -3.03. The molecule has 168 valence electrons. The van der Waals surface area contributed by atoms with Crippen LogP contribution in [0.3, 0.4) is 0 Å². The molecule has 1 aromatic heterocycles. The van der Waals surface area contributed by atoms with Crippen molar-refractivity contribution in [2.45, 2.75) is 20.3 Å². The first-order valence-corrected chi connectivity index (χ1v) is 10.9. The van der Waals surface area contributed by atoms with Crippen LogP contribution in [0.1, 0.15) is 41.1 Å². The molecular weight excluding hydrogens is 453 g/mol. The Labute approximate surface area is 195 Å².